The van der Waals surface area contributed by atoms with Gasteiger partial charge in [0.15, 0.2) is 5.78 Å². The molecule has 1 rings (SSSR count). The highest BCUT2D eigenvalue weighted by atomic mass is 16.5. The van der Waals surface area contributed by atoms with Crippen molar-refractivity contribution in [2.75, 3.05) is 19.7 Å². The minimum absolute atomic E-state index is 0.0368. The minimum Gasteiger partial charge on any atom is -0.465 e. The number of nitrogens with zero attached hydrogens (tertiary/aromatic N) is 1. The molecule has 0 spiro atoms. The Morgan fingerprint density at radius 1 is 1.41 bits per heavy atom. The van der Waals surface area contributed by atoms with Gasteiger partial charge in [-0.2, -0.15) is 0 Å². The van der Waals surface area contributed by atoms with Crippen molar-refractivity contribution < 1.29 is 14.3 Å². The monoisotopic (exact) mass is 239 g/mol. The van der Waals surface area contributed by atoms with Crippen LogP contribution < -0.4 is 0 Å². The van der Waals surface area contributed by atoms with Gasteiger partial charge in [-0.1, -0.05) is 12.5 Å². The van der Waals surface area contributed by atoms with Crippen molar-refractivity contribution in [1.82, 2.24) is 4.90 Å². The normalized spacial score (nSPS) is 21.6. The molecule has 0 radical (unpaired) electrons. The molecule has 0 aromatic carbocycles. The number of hydrogen-bond donors (Lipinski definition) is 0. The van der Waals surface area contributed by atoms with Crippen LogP contribution in [0.25, 0.3) is 0 Å². The Labute approximate surface area is 103 Å². The minimum atomic E-state index is -0.139. The van der Waals surface area contributed by atoms with Crippen molar-refractivity contribution in [1.29, 1.82) is 0 Å². The number of piperidine rings is 1. The molecule has 1 atom stereocenters. The number of hydrogen-bond acceptors (Lipinski definition) is 4. The third kappa shape index (κ3) is 4.69. The molecule has 4 nitrogen and oxygen atoms in total. The first kappa shape index (κ1) is 13.9. The molecule has 1 unspecified atom stereocenters. The Hall–Kier alpha value is -1.16. The maximum absolute atomic E-state index is 11.8. The second kappa shape index (κ2) is 7.22. The van der Waals surface area contributed by atoms with Crippen LogP contribution in [0.15, 0.2) is 12.2 Å². The topological polar surface area (TPSA) is 46.6 Å². The fourth-order valence-corrected chi connectivity index (χ4v) is 2.07. The zero-order chi connectivity index (χ0) is 12.7. The Kier molecular flexibility index (Phi) is 5.91. The van der Waals surface area contributed by atoms with Crippen LogP contribution in [-0.4, -0.2) is 42.4 Å². The number of ether oxygens (including phenoxy) is 1. The van der Waals surface area contributed by atoms with Gasteiger partial charge < -0.3 is 4.74 Å². The largest absolute Gasteiger partial charge is 0.465 e. The molecule has 0 aromatic rings. The van der Waals surface area contributed by atoms with E-state index in [1.165, 1.54) is 6.92 Å². The number of likely N-dealkylation sites (tertiary alicyclic amines) is 1. The van der Waals surface area contributed by atoms with Gasteiger partial charge in [-0.05, 0) is 39.3 Å². The first-order chi connectivity index (χ1) is 8.15. The number of carbonyl (C=O) groups is 2. The molecule has 17 heavy (non-hydrogen) atoms. The van der Waals surface area contributed by atoms with E-state index in [9.17, 15) is 9.59 Å². The summed E-state index contributed by atoms with van der Waals surface area (Å²) in [5.41, 5.74) is 0. The van der Waals surface area contributed by atoms with Crippen LogP contribution in [0, 0.1) is 0 Å². The van der Waals surface area contributed by atoms with E-state index < -0.39 is 0 Å². The van der Waals surface area contributed by atoms with E-state index in [0.717, 1.165) is 25.8 Å². The number of allylic oxidation sites excluding steroid dienone is 1. The van der Waals surface area contributed by atoms with Crippen LogP contribution in [0.4, 0.5) is 0 Å². The molecule has 0 aromatic heterocycles. The van der Waals surface area contributed by atoms with Gasteiger partial charge in [-0.15, -0.1) is 0 Å². The van der Waals surface area contributed by atoms with E-state index in [2.05, 4.69) is 4.90 Å². The van der Waals surface area contributed by atoms with Crippen molar-refractivity contribution in [2.24, 2.45) is 0 Å². The quantitative estimate of drug-likeness (QED) is 0.539. The highest BCUT2D eigenvalue weighted by Gasteiger charge is 2.28. The third-order valence-corrected chi connectivity index (χ3v) is 2.86. The van der Waals surface area contributed by atoms with Crippen molar-refractivity contribution in [3.8, 4) is 0 Å². The standard InChI is InChI=1S/C13H21NO3/c1-3-17-13(16)12-8-4-5-9-14(12)10-6-7-11(2)15/h6-7,12H,3-5,8-10H2,1-2H3/b7-6+. The molecule has 4 heteroatoms. The van der Waals surface area contributed by atoms with Gasteiger partial charge in [0, 0.05) is 6.54 Å². The Balaban J connectivity index is 2.53. The molecule has 1 fully saturated rings. The SMILES string of the molecule is CCOC(=O)C1CCCCN1C/C=C/C(C)=O. The average Bonchev–Trinajstić information content (AvgIpc) is 2.29. The lowest BCUT2D eigenvalue weighted by molar-refractivity contribution is -0.150. The summed E-state index contributed by atoms with van der Waals surface area (Å²) in [6.45, 7) is 5.30. The van der Waals surface area contributed by atoms with Gasteiger partial charge in [-0.3, -0.25) is 14.5 Å². The predicted molar refractivity (Wildman–Crippen MR) is 65.7 cm³/mol. The van der Waals surface area contributed by atoms with Gasteiger partial charge in [0.1, 0.15) is 6.04 Å². The van der Waals surface area contributed by atoms with Crippen LogP contribution >= 0.6 is 0 Å². The fraction of sp³-hybridized carbons (Fsp3) is 0.692. The molecule has 0 saturated carbocycles. The summed E-state index contributed by atoms with van der Waals surface area (Å²) in [6, 6.07) is -0.139. The molecule has 0 amide bonds. The zero-order valence-electron chi connectivity index (χ0n) is 10.6. The van der Waals surface area contributed by atoms with Crippen LogP contribution in [0.3, 0.4) is 0 Å². The molecule has 1 saturated heterocycles. The van der Waals surface area contributed by atoms with Crippen LogP contribution in [-0.2, 0) is 14.3 Å². The lowest BCUT2D eigenvalue weighted by Crippen LogP contribution is -2.45. The molecule has 0 aliphatic carbocycles. The van der Waals surface area contributed by atoms with E-state index in [0.29, 0.717) is 13.2 Å². The zero-order valence-corrected chi connectivity index (χ0v) is 10.6. The van der Waals surface area contributed by atoms with Gasteiger partial charge in [0.25, 0.3) is 0 Å². The van der Waals surface area contributed by atoms with Crippen molar-refractivity contribution in [2.45, 2.75) is 39.2 Å². The highest BCUT2D eigenvalue weighted by molar-refractivity contribution is 5.87. The highest BCUT2D eigenvalue weighted by Crippen LogP contribution is 2.17. The number of rotatable bonds is 5. The van der Waals surface area contributed by atoms with E-state index in [-0.39, 0.29) is 17.8 Å². The first-order valence-electron chi connectivity index (χ1n) is 6.23. The third-order valence-electron chi connectivity index (χ3n) is 2.86. The van der Waals surface area contributed by atoms with Gasteiger partial charge in [0.05, 0.1) is 6.61 Å². The summed E-state index contributed by atoms with van der Waals surface area (Å²) in [5.74, 6) is -0.0990. The molecular weight excluding hydrogens is 218 g/mol. The maximum Gasteiger partial charge on any atom is 0.323 e. The Morgan fingerprint density at radius 2 is 2.18 bits per heavy atom. The smallest absolute Gasteiger partial charge is 0.323 e. The lowest BCUT2D eigenvalue weighted by atomic mass is 10.0. The first-order valence-corrected chi connectivity index (χ1v) is 6.23. The van der Waals surface area contributed by atoms with Crippen LogP contribution in [0.2, 0.25) is 0 Å². The summed E-state index contributed by atoms with van der Waals surface area (Å²) in [7, 11) is 0. The van der Waals surface area contributed by atoms with Crippen LogP contribution in [0.1, 0.15) is 33.1 Å². The van der Waals surface area contributed by atoms with Crippen molar-refractivity contribution in [3.05, 3.63) is 12.2 Å². The maximum atomic E-state index is 11.8. The van der Waals surface area contributed by atoms with E-state index >= 15 is 0 Å². The molecule has 0 N–H and O–H groups in total. The Bertz CT molecular complexity index is 299. The predicted octanol–water partition coefficient (Wildman–Crippen LogP) is 1.55. The van der Waals surface area contributed by atoms with Gasteiger partial charge in [0.2, 0.25) is 0 Å². The van der Waals surface area contributed by atoms with Crippen molar-refractivity contribution >= 4 is 11.8 Å². The summed E-state index contributed by atoms with van der Waals surface area (Å²) in [4.78, 5) is 24.6. The summed E-state index contributed by atoms with van der Waals surface area (Å²) >= 11 is 0. The summed E-state index contributed by atoms with van der Waals surface area (Å²) in [6.07, 6.45) is 6.39. The molecule has 1 aliphatic heterocycles. The summed E-state index contributed by atoms with van der Waals surface area (Å²) in [5, 5.41) is 0. The second-order valence-corrected chi connectivity index (χ2v) is 4.27. The van der Waals surface area contributed by atoms with E-state index in [1.807, 2.05) is 13.0 Å². The average molecular weight is 239 g/mol. The molecular formula is C13H21NO3. The summed E-state index contributed by atoms with van der Waals surface area (Å²) < 4.78 is 5.07. The van der Waals surface area contributed by atoms with Gasteiger partial charge in [-0.25, -0.2) is 0 Å². The van der Waals surface area contributed by atoms with E-state index in [1.54, 1.807) is 6.08 Å². The fourth-order valence-electron chi connectivity index (χ4n) is 2.07. The van der Waals surface area contributed by atoms with Crippen LogP contribution in [0.5, 0.6) is 0 Å². The molecule has 1 heterocycles. The Morgan fingerprint density at radius 3 is 2.82 bits per heavy atom. The molecule has 96 valence electrons. The lowest BCUT2D eigenvalue weighted by Gasteiger charge is -2.32. The molecule has 0 bridgehead atoms. The molecule has 1 aliphatic rings. The van der Waals surface area contributed by atoms with Crippen molar-refractivity contribution in [3.63, 3.8) is 0 Å². The second-order valence-electron chi connectivity index (χ2n) is 4.27. The number of esters is 1. The van der Waals surface area contributed by atoms with Gasteiger partial charge >= 0.3 is 5.97 Å². The number of ketones is 1. The number of carbonyl (C=O) groups excluding carboxylic acids is 2. The van der Waals surface area contributed by atoms with E-state index in [4.69, 9.17) is 4.74 Å².